The largest absolute Gasteiger partial charge is 0.353 e. The van der Waals surface area contributed by atoms with Gasteiger partial charge >= 0.3 is 0 Å². The van der Waals surface area contributed by atoms with Crippen LogP contribution in [0.4, 0.5) is 0 Å². The second-order valence-corrected chi connectivity index (χ2v) is 5.23. The standard InChI is InChI=1S/C15H32N2O2/c1-4-17(13-14-8-7-10-16-12-14)11-9-15(18-5-2)19-6-3/h14-16H,4-13H2,1-3H3. The minimum atomic E-state index is -0.0338. The molecule has 1 unspecified atom stereocenters. The van der Waals surface area contributed by atoms with E-state index in [2.05, 4.69) is 17.1 Å². The molecule has 0 spiro atoms. The topological polar surface area (TPSA) is 33.7 Å². The SMILES string of the molecule is CCOC(CCN(CC)CC1CCCNC1)OCC. The Morgan fingerprint density at radius 2 is 1.95 bits per heavy atom. The molecule has 19 heavy (non-hydrogen) atoms. The van der Waals surface area contributed by atoms with E-state index in [4.69, 9.17) is 9.47 Å². The molecular weight excluding hydrogens is 240 g/mol. The average Bonchev–Trinajstić information content (AvgIpc) is 2.44. The van der Waals surface area contributed by atoms with Crippen LogP contribution >= 0.6 is 0 Å². The lowest BCUT2D eigenvalue weighted by molar-refractivity contribution is -0.141. The summed E-state index contributed by atoms with van der Waals surface area (Å²) < 4.78 is 11.2. The first-order valence-corrected chi connectivity index (χ1v) is 7.96. The number of nitrogens with zero attached hydrogens (tertiary/aromatic N) is 1. The van der Waals surface area contributed by atoms with Gasteiger partial charge in [-0.15, -0.1) is 0 Å². The maximum Gasteiger partial charge on any atom is 0.158 e. The van der Waals surface area contributed by atoms with Crippen LogP contribution in [0.25, 0.3) is 0 Å². The van der Waals surface area contributed by atoms with Crippen LogP contribution in [-0.4, -0.2) is 57.1 Å². The third kappa shape index (κ3) is 7.25. The van der Waals surface area contributed by atoms with Gasteiger partial charge in [-0.2, -0.15) is 0 Å². The predicted octanol–water partition coefficient (Wildman–Crippen LogP) is 2.10. The number of hydrogen-bond donors (Lipinski definition) is 1. The van der Waals surface area contributed by atoms with Crippen molar-refractivity contribution in [2.75, 3.05) is 45.9 Å². The minimum Gasteiger partial charge on any atom is -0.353 e. The fourth-order valence-electron chi connectivity index (χ4n) is 2.70. The van der Waals surface area contributed by atoms with Crippen LogP contribution < -0.4 is 5.32 Å². The van der Waals surface area contributed by atoms with Crippen molar-refractivity contribution >= 4 is 0 Å². The first kappa shape index (κ1) is 16.9. The van der Waals surface area contributed by atoms with Gasteiger partial charge in [0.15, 0.2) is 6.29 Å². The van der Waals surface area contributed by atoms with Crippen molar-refractivity contribution in [1.82, 2.24) is 10.2 Å². The summed E-state index contributed by atoms with van der Waals surface area (Å²) in [5.41, 5.74) is 0. The third-order valence-corrected chi connectivity index (χ3v) is 3.75. The molecule has 114 valence electrons. The normalized spacial score (nSPS) is 20.4. The zero-order chi connectivity index (χ0) is 13.9. The van der Waals surface area contributed by atoms with E-state index in [0.717, 1.165) is 38.6 Å². The Bertz CT molecular complexity index is 202. The molecular formula is C15H32N2O2. The van der Waals surface area contributed by atoms with Gasteiger partial charge in [-0.05, 0) is 52.2 Å². The first-order valence-electron chi connectivity index (χ1n) is 7.96. The van der Waals surface area contributed by atoms with Crippen LogP contribution in [0.2, 0.25) is 0 Å². The van der Waals surface area contributed by atoms with Crippen LogP contribution in [0.3, 0.4) is 0 Å². The number of nitrogens with one attached hydrogen (secondary N) is 1. The number of hydrogen-bond acceptors (Lipinski definition) is 4. The van der Waals surface area contributed by atoms with Crippen LogP contribution in [0, 0.1) is 5.92 Å². The highest BCUT2D eigenvalue weighted by Gasteiger charge is 2.17. The summed E-state index contributed by atoms with van der Waals surface area (Å²) in [6.07, 6.45) is 3.62. The van der Waals surface area contributed by atoms with Crippen molar-refractivity contribution in [2.45, 2.75) is 46.3 Å². The van der Waals surface area contributed by atoms with E-state index in [1.807, 2.05) is 13.8 Å². The summed E-state index contributed by atoms with van der Waals surface area (Å²) in [5.74, 6) is 0.811. The second kappa shape index (κ2) is 10.6. The molecule has 1 aliphatic rings. The van der Waals surface area contributed by atoms with Crippen molar-refractivity contribution in [3.63, 3.8) is 0 Å². The summed E-state index contributed by atoms with van der Waals surface area (Å²) in [6.45, 7) is 13.5. The Morgan fingerprint density at radius 1 is 1.21 bits per heavy atom. The molecule has 1 aliphatic heterocycles. The van der Waals surface area contributed by atoms with Gasteiger partial charge in [0.1, 0.15) is 0 Å². The van der Waals surface area contributed by atoms with Gasteiger partial charge in [0.05, 0.1) is 0 Å². The van der Waals surface area contributed by atoms with Crippen molar-refractivity contribution < 1.29 is 9.47 Å². The van der Waals surface area contributed by atoms with Gasteiger partial charge < -0.3 is 19.7 Å². The summed E-state index contributed by atoms with van der Waals surface area (Å²) in [7, 11) is 0. The lowest BCUT2D eigenvalue weighted by Crippen LogP contribution is -2.39. The highest BCUT2D eigenvalue weighted by Crippen LogP contribution is 2.12. The highest BCUT2D eigenvalue weighted by atomic mass is 16.7. The molecule has 1 saturated heterocycles. The summed E-state index contributed by atoms with van der Waals surface area (Å²) in [5, 5.41) is 3.49. The van der Waals surface area contributed by atoms with Crippen LogP contribution in [0.15, 0.2) is 0 Å². The smallest absolute Gasteiger partial charge is 0.158 e. The molecule has 0 radical (unpaired) electrons. The monoisotopic (exact) mass is 272 g/mol. The first-order chi connectivity index (χ1) is 9.30. The molecule has 0 amide bonds. The van der Waals surface area contributed by atoms with E-state index in [-0.39, 0.29) is 6.29 Å². The van der Waals surface area contributed by atoms with E-state index >= 15 is 0 Å². The fourth-order valence-corrected chi connectivity index (χ4v) is 2.70. The molecule has 4 heteroatoms. The molecule has 1 fully saturated rings. The zero-order valence-electron chi connectivity index (χ0n) is 13.0. The van der Waals surface area contributed by atoms with Crippen LogP contribution in [0.5, 0.6) is 0 Å². The quantitative estimate of drug-likeness (QED) is 0.618. The summed E-state index contributed by atoms with van der Waals surface area (Å²) >= 11 is 0. The lowest BCUT2D eigenvalue weighted by atomic mass is 9.99. The van der Waals surface area contributed by atoms with E-state index in [9.17, 15) is 0 Å². The van der Waals surface area contributed by atoms with E-state index in [1.54, 1.807) is 0 Å². The third-order valence-electron chi connectivity index (χ3n) is 3.75. The molecule has 0 aromatic heterocycles. The van der Waals surface area contributed by atoms with Gasteiger partial charge in [0.2, 0.25) is 0 Å². The van der Waals surface area contributed by atoms with Crippen molar-refractivity contribution in [2.24, 2.45) is 5.92 Å². The van der Waals surface area contributed by atoms with Crippen LogP contribution in [-0.2, 0) is 9.47 Å². The number of rotatable bonds is 10. The molecule has 1 rings (SSSR count). The van der Waals surface area contributed by atoms with Gasteiger partial charge in [-0.25, -0.2) is 0 Å². The Morgan fingerprint density at radius 3 is 2.47 bits per heavy atom. The van der Waals surface area contributed by atoms with Crippen molar-refractivity contribution in [3.8, 4) is 0 Å². The zero-order valence-corrected chi connectivity index (χ0v) is 13.0. The lowest BCUT2D eigenvalue weighted by Gasteiger charge is -2.30. The molecule has 4 nitrogen and oxygen atoms in total. The molecule has 1 atom stereocenters. The molecule has 0 saturated carbocycles. The second-order valence-electron chi connectivity index (χ2n) is 5.23. The van der Waals surface area contributed by atoms with E-state index in [0.29, 0.717) is 0 Å². The molecule has 0 aromatic rings. The Labute approximate surface area is 118 Å². The molecule has 0 bridgehead atoms. The minimum absolute atomic E-state index is 0.0338. The molecule has 0 aromatic carbocycles. The molecule has 1 N–H and O–H groups in total. The fraction of sp³-hybridized carbons (Fsp3) is 1.00. The molecule has 1 heterocycles. The Hall–Kier alpha value is -0.160. The predicted molar refractivity (Wildman–Crippen MR) is 79.4 cm³/mol. The van der Waals surface area contributed by atoms with Crippen molar-refractivity contribution in [3.05, 3.63) is 0 Å². The van der Waals surface area contributed by atoms with E-state index < -0.39 is 0 Å². The Kier molecular flexibility index (Phi) is 9.43. The maximum atomic E-state index is 5.61. The summed E-state index contributed by atoms with van der Waals surface area (Å²) in [4.78, 5) is 2.53. The van der Waals surface area contributed by atoms with Crippen molar-refractivity contribution in [1.29, 1.82) is 0 Å². The van der Waals surface area contributed by atoms with Crippen LogP contribution in [0.1, 0.15) is 40.0 Å². The molecule has 0 aliphatic carbocycles. The van der Waals surface area contributed by atoms with E-state index in [1.165, 1.54) is 32.5 Å². The number of piperidine rings is 1. The van der Waals surface area contributed by atoms with Gasteiger partial charge in [-0.1, -0.05) is 6.92 Å². The van der Waals surface area contributed by atoms with Gasteiger partial charge in [-0.3, -0.25) is 0 Å². The van der Waals surface area contributed by atoms with Gasteiger partial charge in [0.25, 0.3) is 0 Å². The Balaban J connectivity index is 2.25. The number of ether oxygens (including phenoxy) is 2. The van der Waals surface area contributed by atoms with Gasteiger partial charge in [0, 0.05) is 32.7 Å². The average molecular weight is 272 g/mol. The maximum absolute atomic E-state index is 5.61. The highest BCUT2D eigenvalue weighted by molar-refractivity contribution is 4.72. The summed E-state index contributed by atoms with van der Waals surface area (Å²) in [6, 6.07) is 0.